The van der Waals surface area contributed by atoms with Gasteiger partial charge in [0.1, 0.15) is 0 Å². The van der Waals surface area contributed by atoms with Crippen LogP contribution in [0.5, 0.6) is 0 Å². The molecule has 0 aromatic heterocycles. The van der Waals surface area contributed by atoms with Crippen molar-refractivity contribution in [2.75, 3.05) is 53.4 Å². The molecular weight excluding hydrogens is 350 g/mol. The zero-order valence-corrected chi connectivity index (χ0v) is 18.4. The molecule has 0 aliphatic rings. The molecule has 0 heterocycles. The van der Waals surface area contributed by atoms with E-state index in [0.29, 0.717) is 0 Å². The minimum atomic E-state index is 0.0365. The normalized spacial score (nSPS) is 11.6. The maximum atomic E-state index is 12.1. The summed E-state index contributed by atoms with van der Waals surface area (Å²) in [7, 11) is 3.55. The van der Waals surface area contributed by atoms with Crippen molar-refractivity contribution in [3.8, 4) is 0 Å². The van der Waals surface area contributed by atoms with Crippen LogP contribution in [0.1, 0.15) is 49.5 Å². The number of nitrogens with zero attached hydrogens (tertiary/aromatic N) is 3. The quantitative estimate of drug-likeness (QED) is 0.328. The summed E-state index contributed by atoms with van der Waals surface area (Å²) in [6.45, 7) is 12.3. The Labute approximate surface area is 171 Å². The third kappa shape index (κ3) is 9.22. The molecule has 1 amide bonds. The molecule has 1 rings (SSSR count). The molecule has 0 saturated carbocycles. The van der Waals surface area contributed by atoms with Crippen LogP contribution in [0.15, 0.2) is 29.3 Å². The van der Waals surface area contributed by atoms with E-state index in [9.17, 15) is 4.79 Å². The van der Waals surface area contributed by atoms with Crippen molar-refractivity contribution in [2.24, 2.45) is 4.99 Å². The van der Waals surface area contributed by atoms with Gasteiger partial charge in [-0.15, -0.1) is 0 Å². The van der Waals surface area contributed by atoms with Crippen molar-refractivity contribution in [3.05, 3.63) is 35.4 Å². The zero-order valence-electron chi connectivity index (χ0n) is 18.4. The van der Waals surface area contributed by atoms with Crippen molar-refractivity contribution in [1.82, 2.24) is 20.4 Å². The molecule has 6 nitrogen and oxygen atoms in total. The van der Waals surface area contributed by atoms with Crippen LogP contribution in [0.25, 0.3) is 0 Å². The smallest absolute Gasteiger partial charge is 0.253 e. The highest BCUT2D eigenvalue weighted by Crippen LogP contribution is 2.07. The summed E-state index contributed by atoms with van der Waals surface area (Å²) in [4.78, 5) is 20.8. The predicted molar refractivity (Wildman–Crippen MR) is 119 cm³/mol. The number of guanidine groups is 1. The van der Waals surface area contributed by atoms with E-state index in [-0.39, 0.29) is 5.91 Å². The van der Waals surface area contributed by atoms with E-state index in [1.807, 2.05) is 18.2 Å². The lowest BCUT2D eigenvalue weighted by Crippen LogP contribution is -2.38. The molecule has 6 heteroatoms. The number of rotatable bonds is 12. The number of carbonyl (C=O) groups excluding carboxylic acids is 1. The van der Waals surface area contributed by atoms with Crippen molar-refractivity contribution >= 4 is 11.9 Å². The summed E-state index contributed by atoms with van der Waals surface area (Å²) in [5, 5.41) is 6.70. The van der Waals surface area contributed by atoms with E-state index < -0.39 is 0 Å². The van der Waals surface area contributed by atoms with Crippen LogP contribution in [-0.4, -0.2) is 75.0 Å². The Bertz CT molecular complexity index is 596. The Kier molecular flexibility index (Phi) is 12.0. The molecule has 2 N–H and O–H groups in total. The Morgan fingerprint density at radius 1 is 1.07 bits per heavy atom. The van der Waals surface area contributed by atoms with Gasteiger partial charge in [-0.2, -0.15) is 0 Å². The highest BCUT2D eigenvalue weighted by Gasteiger charge is 2.08. The summed E-state index contributed by atoms with van der Waals surface area (Å²) in [6, 6.07) is 7.84. The Balaban J connectivity index is 2.44. The van der Waals surface area contributed by atoms with Gasteiger partial charge in [0.2, 0.25) is 0 Å². The topological polar surface area (TPSA) is 60.0 Å². The Hall–Kier alpha value is -2.08. The molecule has 0 aliphatic carbocycles. The third-order valence-corrected chi connectivity index (χ3v) is 4.68. The fourth-order valence-corrected chi connectivity index (χ4v) is 2.96. The first-order chi connectivity index (χ1) is 13.5. The van der Waals surface area contributed by atoms with Crippen LogP contribution in [0.2, 0.25) is 0 Å². The number of nitrogens with one attached hydrogen (secondary N) is 2. The lowest BCUT2D eigenvalue weighted by atomic mass is 10.1. The first-order valence-electron chi connectivity index (χ1n) is 10.6. The molecule has 0 fully saturated rings. The van der Waals surface area contributed by atoms with Crippen molar-refractivity contribution in [2.45, 2.75) is 40.0 Å². The van der Waals surface area contributed by atoms with Crippen molar-refractivity contribution < 1.29 is 4.79 Å². The van der Waals surface area contributed by atoms with Gasteiger partial charge in [0.05, 0.1) is 0 Å². The van der Waals surface area contributed by atoms with E-state index in [1.165, 1.54) is 6.42 Å². The Morgan fingerprint density at radius 2 is 1.82 bits per heavy atom. The summed E-state index contributed by atoms with van der Waals surface area (Å²) in [5.41, 5.74) is 1.88. The number of hydrogen-bond donors (Lipinski definition) is 2. The third-order valence-electron chi connectivity index (χ3n) is 4.68. The largest absolute Gasteiger partial charge is 0.357 e. The standard InChI is InChI=1S/C22H39N5O/c1-6-23-22(24-15-9-10-17-27(7-2)8-3)25-16-14-19-12-11-13-20(18-19)21(28)26(4)5/h11-13,18H,6-10,14-17H2,1-5H3,(H2,23,24,25). The molecule has 28 heavy (non-hydrogen) atoms. The highest BCUT2D eigenvalue weighted by atomic mass is 16.2. The SMILES string of the molecule is CCNC(=NCCCCN(CC)CC)NCCc1cccc(C(=O)N(C)C)c1. The molecular formula is C22H39N5O. The minimum absolute atomic E-state index is 0.0365. The molecule has 1 aromatic carbocycles. The molecule has 0 spiro atoms. The second kappa shape index (κ2) is 14.0. The number of aliphatic imine (C=N–C) groups is 1. The van der Waals surface area contributed by atoms with Crippen molar-refractivity contribution in [1.29, 1.82) is 0 Å². The summed E-state index contributed by atoms with van der Waals surface area (Å²) >= 11 is 0. The summed E-state index contributed by atoms with van der Waals surface area (Å²) in [6.07, 6.45) is 3.12. The average molecular weight is 390 g/mol. The molecule has 0 atom stereocenters. The van der Waals surface area contributed by atoms with Gasteiger partial charge in [0.15, 0.2) is 5.96 Å². The lowest BCUT2D eigenvalue weighted by Gasteiger charge is -2.17. The number of benzene rings is 1. The molecule has 0 unspecified atom stereocenters. The van der Waals surface area contributed by atoms with E-state index in [0.717, 1.165) is 69.2 Å². The monoisotopic (exact) mass is 389 g/mol. The van der Waals surface area contributed by atoms with Gasteiger partial charge in [0, 0.05) is 39.3 Å². The highest BCUT2D eigenvalue weighted by molar-refractivity contribution is 5.94. The first kappa shape index (κ1) is 24.0. The van der Waals surface area contributed by atoms with Gasteiger partial charge >= 0.3 is 0 Å². The summed E-state index contributed by atoms with van der Waals surface area (Å²) < 4.78 is 0. The number of carbonyl (C=O) groups is 1. The first-order valence-corrected chi connectivity index (χ1v) is 10.6. The fraction of sp³-hybridized carbons (Fsp3) is 0.636. The average Bonchev–Trinajstić information content (AvgIpc) is 2.70. The van der Waals surface area contributed by atoms with Crippen LogP contribution in [0.3, 0.4) is 0 Å². The Morgan fingerprint density at radius 3 is 2.46 bits per heavy atom. The number of unbranched alkanes of at least 4 members (excludes halogenated alkanes) is 1. The zero-order chi connectivity index (χ0) is 20.8. The van der Waals surface area contributed by atoms with Crippen molar-refractivity contribution in [3.63, 3.8) is 0 Å². The van der Waals surface area contributed by atoms with Crippen LogP contribution in [0, 0.1) is 0 Å². The number of amides is 1. The second-order valence-electron chi connectivity index (χ2n) is 7.07. The van der Waals surface area contributed by atoms with E-state index in [1.54, 1.807) is 19.0 Å². The van der Waals surface area contributed by atoms with Gasteiger partial charge in [-0.3, -0.25) is 9.79 Å². The van der Waals surface area contributed by atoms with Crippen LogP contribution in [-0.2, 0) is 6.42 Å². The maximum absolute atomic E-state index is 12.1. The van der Waals surface area contributed by atoms with E-state index >= 15 is 0 Å². The molecule has 158 valence electrons. The molecule has 1 aromatic rings. The van der Waals surface area contributed by atoms with Gasteiger partial charge in [-0.05, 0) is 63.5 Å². The fourth-order valence-electron chi connectivity index (χ4n) is 2.96. The lowest BCUT2D eigenvalue weighted by molar-refractivity contribution is 0.0827. The van der Waals surface area contributed by atoms with Gasteiger partial charge in [0.25, 0.3) is 5.91 Å². The molecule has 0 saturated heterocycles. The van der Waals surface area contributed by atoms with Gasteiger partial charge in [-0.1, -0.05) is 26.0 Å². The van der Waals surface area contributed by atoms with E-state index in [4.69, 9.17) is 0 Å². The number of hydrogen-bond acceptors (Lipinski definition) is 3. The van der Waals surface area contributed by atoms with Crippen LogP contribution < -0.4 is 10.6 Å². The molecule has 0 bridgehead atoms. The van der Waals surface area contributed by atoms with Gasteiger partial charge < -0.3 is 20.4 Å². The second-order valence-corrected chi connectivity index (χ2v) is 7.07. The van der Waals surface area contributed by atoms with Gasteiger partial charge in [-0.25, -0.2) is 0 Å². The summed E-state index contributed by atoms with van der Waals surface area (Å²) in [5.74, 6) is 0.903. The van der Waals surface area contributed by atoms with Crippen LogP contribution in [0.4, 0.5) is 0 Å². The van der Waals surface area contributed by atoms with E-state index in [2.05, 4.69) is 47.4 Å². The minimum Gasteiger partial charge on any atom is -0.357 e. The predicted octanol–water partition coefficient (Wildman–Crippen LogP) is 2.61. The molecule has 0 radical (unpaired) electrons. The molecule has 0 aliphatic heterocycles. The maximum Gasteiger partial charge on any atom is 0.253 e. The van der Waals surface area contributed by atoms with Crippen LogP contribution >= 0.6 is 0 Å².